The third-order valence-corrected chi connectivity index (χ3v) is 5.88. The third kappa shape index (κ3) is 3.32. The van der Waals surface area contributed by atoms with Gasteiger partial charge in [-0.3, -0.25) is 0 Å². The van der Waals surface area contributed by atoms with Crippen LogP contribution in [0.5, 0.6) is 0 Å². The SMILES string of the molecule is c1ccc(-c2ccc(-c3ccc4ccc5ccc(-c6ccccc6)nc5c4n3)cc2)cc1. The maximum atomic E-state index is 5.05. The fourth-order valence-electron chi connectivity index (χ4n) is 4.16. The van der Waals surface area contributed by atoms with E-state index in [0.29, 0.717) is 0 Å². The van der Waals surface area contributed by atoms with E-state index >= 15 is 0 Å². The zero-order valence-corrected chi connectivity index (χ0v) is 17.4. The van der Waals surface area contributed by atoms with Crippen LogP contribution in [0.2, 0.25) is 0 Å². The van der Waals surface area contributed by atoms with Crippen molar-refractivity contribution in [3.8, 4) is 33.6 Å². The summed E-state index contributed by atoms with van der Waals surface area (Å²) in [5, 5.41) is 2.20. The number of nitrogens with zero attached hydrogens (tertiary/aromatic N) is 2. The van der Waals surface area contributed by atoms with E-state index in [1.807, 2.05) is 24.3 Å². The highest BCUT2D eigenvalue weighted by molar-refractivity contribution is 6.04. The lowest BCUT2D eigenvalue weighted by molar-refractivity contribution is 1.36. The van der Waals surface area contributed by atoms with E-state index in [1.54, 1.807) is 0 Å². The number of aromatic nitrogens is 2. The van der Waals surface area contributed by atoms with Gasteiger partial charge in [0.25, 0.3) is 0 Å². The van der Waals surface area contributed by atoms with Gasteiger partial charge in [-0.15, -0.1) is 0 Å². The zero-order chi connectivity index (χ0) is 21.3. The summed E-state index contributed by atoms with van der Waals surface area (Å²) in [7, 11) is 0. The van der Waals surface area contributed by atoms with Crippen LogP contribution in [-0.2, 0) is 0 Å². The van der Waals surface area contributed by atoms with Gasteiger partial charge in [0.15, 0.2) is 0 Å². The first-order valence-electron chi connectivity index (χ1n) is 10.8. The predicted molar refractivity (Wildman–Crippen MR) is 133 cm³/mol. The lowest BCUT2D eigenvalue weighted by Gasteiger charge is -2.09. The first kappa shape index (κ1) is 18.5. The maximum absolute atomic E-state index is 5.05. The van der Waals surface area contributed by atoms with Crippen molar-refractivity contribution in [1.82, 2.24) is 9.97 Å². The molecule has 0 unspecified atom stereocenters. The smallest absolute Gasteiger partial charge is 0.0972 e. The van der Waals surface area contributed by atoms with Crippen LogP contribution in [0.25, 0.3) is 55.4 Å². The highest BCUT2D eigenvalue weighted by atomic mass is 14.8. The summed E-state index contributed by atoms with van der Waals surface area (Å²) in [6.45, 7) is 0. The van der Waals surface area contributed by atoms with Crippen molar-refractivity contribution in [1.29, 1.82) is 0 Å². The molecule has 0 saturated carbocycles. The Hall–Kier alpha value is -4.30. The fourth-order valence-corrected chi connectivity index (χ4v) is 4.16. The number of hydrogen-bond donors (Lipinski definition) is 0. The van der Waals surface area contributed by atoms with Crippen LogP contribution in [0.4, 0.5) is 0 Å². The lowest BCUT2D eigenvalue weighted by atomic mass is 10.0. The largest absolute Gasteiger partial charge is 0.245 e. The monoisotopic (exact) mass is 408 g/mol. The molecule has 0 aliphatic heterocycles. The molecule has 4 aromatic carbocycles. The summed E-state index contributed by atoms with van der Waals surface area (Å²) in [5.74, 6) is 0. The van der Waals surface area contributed by atoms with Gasteiger partial charge in [0.1, 0.15) is 0 Å². The van der Waals surface area contributed by atoms with Gasteiger partial charge >= 0.3 is 0 Å². The van der Waals surface area contributed by atoms with Gasteiger partial charge in [0.2, 0.25) is 0 Å². The Morgan fingerprint density at radius 2 is 0.688 bits per heavy atom. The minimum Gasteiger partial charge on any atom is -0.245 e. The molecule has 6 rings (SSSR count). The summed E-state index contributed by atoms with van der Waals surface area (Å²) in [4.78, 5) is 10.0. The van der Waals surface area contributed by atoms with Crippen molar-refractivity contribution < 1.29 is 0 Å². The second-order valence-corrected chi connectivity index (χ2v) is 7.91. The van der Waals surface area contributed by atoms with E-state index in [2.05, 4.69) is 97.1 Å². The van der Waals surface area contributed by atoms with Crippen molar-refractivity contribution in [3.63, 3.8) is 0 Å². The van der Waals surface area contributed by atoms with Crippen LogP contribution in [-0.4, -0.2) is 9.97 Å². The summed E-state index contributed by atoms with van der Waals surface area (Å²) in [6, 6.07) is 42.0. The van der Waals surface area contributed by atoms with Gasteiger partial charge in [-0.05, 0) is 23.3 Å². The highest BCUT2D eigenvalue weighted by Crippen LogP contribution is 2.29. The first-order chi connectivity index (χ1) is 15.8. The van der Waals surface area contributed by atoms with Gasteiger partial charge in [0.05, 0.1) is 22.4 Å². The molecule has 2 nitrogen and oxygen atoms in total. The minimum atomic E-state index is 0.935. The molecule has 32 heavy (non-hydrogen) atoms. The molecule has 0 N–H and O–H groups in total. The molecule has 0 radical (unpaired) electrons. The van der Waals surface area contributed by atoms with Gasteiger partial charge in [-0.25, -0.2) is 9.97 Å². The summed E-state index contributed by atoms with van der Waals surface area (Å²) in [5.41, 5.74) is 8.42. The van der Waals surface area contributed by atoms with Gasteiger partial charge < -0.3 is 0 Å². The number of hydrogen-bond acceptors (Lipinski definition) is 2. The number of benzene rings is 4. The molecule has 0 bridgehead atoms. The molecule has 0 fully saturated rings. The second kappa shape index (κ2) is 7.75. The molecule has 2 heterocycles. The Morgan fingerprint density at radius 3 is 1.22 bits per heavy atom. The van der Waals surface area contributed by atoms with E-state index in [0.717, 1.165) is 44.3 Å². The van der Waals surface area contributed by atoms with Crippen molar-refractivity contribution in [3.05, 3.63) is 121 Å². The molecular weight excluding hydrogens is 388 g/mol. The molecule has 0 spiro atoms. The highest BCUT2D eigenvalue weighted by Gasteiger charge is 2.09. The molecule has 2 heteroatoms. The topological polar surface area (TPSA) is 25.8 Å². The Kier molecular flexibility index (Phi) is 4.47. The number of rotatable bonds is 3. The quantitative estimate of drug-likeness (QED) is 0.279. The second-order valence-electron chi connectivity index (χ2n) is 7.91. The predicted octanol–water partition coefficient (Wildman–Crippen LogP) is 7.78. The summed E-state index contributed by atoms with van der Waals surface area (Å²) >= 11 is 0. The van der Waals surface area contributed by atoms with Gasteiger partial charge in [-0.1, -0.05) is 109 Å². The van der Waals surface area contributed by atoms with E-state index in [1.165, 1.54) is 11.1 Å². The Labute approximate surface area is 186 Å². The van der Waals surface area contributed by atoms with Crippen molar-refractivity contribution in [2.45, 2.75) is 0 Å². The van der Waals surface area contributed by atoms with E-state index in [-0.39, 0.29) is 0 Å². The molecule has 6 aromatic rings. The molecule has 2 aromatic heterocycles. The van der Waals surface area contributed by atoms with Crippen LogP contribution in [0, 0.1) is 0 Å². The number of pyridine rings is 2. The zero-order valence-electron chi connectivity index (χ0n) is 17.4. The first-order valence-corrected chi connectivity index (χ1v) is 10.8. The minimum absolute atomic E-state index is 0.935. The van der Waals surface area contributed by atoms with Crippen LogP contribution >= 0.6 is 0 Å². The molecule has 0 aliphatic rings. The van der Waals surface area contributed by atoms with E-state index in [4.69, 9.17) is 9.97 Å². The van der Waals surface area contributed by atoms with Gasteiger partial charge in [-0.2, -0.15) is 0 Å². The maximum Gasteiger partial charge on any atom is 0.0972 e. The fraction of sp³-hybridized carbons (Fsp3) is 0. The number of fused-ring (bicyclic) bond motifs is 3. The van der Waals surface area contributed by atoms with Crippen LogP contribution in [0.15, 0.2) is 121 Å². The van der Waals surface area contributed by atoms with Crippen molar-refractivity contribution in [2.24, 2.45) is 0 Å². The molecule has 0 saturated heterocycles. The van der Waals surface area contributed by atoms with E-state index < -0.39 is 0 Å². The average molecular weight is 409 g/mol. The third-order valence-electron chi connectivity index (χ3n) is 5.88. The van der Waals surface area contributed by atoms with Crippen LogP contribution < -0.4 is 0 Å². The van der Waals surface area contributed by atoms with E-state index in [9.17, 15) is 0 Å². The van der Waals surface area contributed by atoms with Gasteiger partial charge in [0, 0.05) is 21.9 Å². The molecule has 150 valence electrons. The Morgan fingerprint density at radius 1 is 0.312 bits per heavy atom. The average Bonchev–Trinajstić information content (AvgIpc) is 2.89. The van der Waals surface area contributed by atoms with Crippen molar-refractivity contribution >= 4 is 21.8 Å². The molecule has 0 amide bonds. The normalized spacial score (nSPS) is 11.1. The Bertz CT molecular complexity index is 1540. The standard InChI is InChI=1S/C30H20N2/c1-3-7-21(8-4-1)22-11-13-24(14-12-22)28-20-18-26-16-15-25-17-19-27(23-9-5-2-6-10-23)31-29(25)30(26)32-28/h1-20H. The molecule has 0 aliphatic carbocycles. The summed E-state index contributed by atoms with van der Waals surface area (Å²) < 4.78 is 0. The molecular formula is C30H20N2. The molecule has 0 atom stereocenters. The summed E-state index contributed by atoms with van der Waals surface area (Å²) in [6.07, 6.45) is 0. The van der Waals surface area contributed by atoms with Crippen LogP contribution in [0.3, 0.4) is 0 Å². The van der Waals surface area contributed by atoms with Crippen molar-refractivity contribution in [2.75, 3.05) is 0 Å². The Balaban J connectivity index is 1.46. The van der Waals surface area contributed by atoms with Crippen LogP contribution in [0.1, 0.15) is 0 Å². The lowest BCUT2D eigenvalue weighted by Crippen LogP contribution is -1.91.